The molecule has 1 aromatic carbocycles. The fourth-order valence-corrected chi connectivity index (χ4v) is 9.66. The lowest BCUT2D eigenvalue weighted by atomic mass is 9.37. The van der Waals surface area contributed by atoms with Crippen LogP contribution >= 0.6 is 0 Å². The lowest BCUT2D eigenvalue weighted by Crippen LogP contribution is -2.67. The van der Waals surface area contributed by atoms with E-state index in [2.05, 4.69) is 41.5 Å². The fraction of sp³-hybridized carbons (Fsp3) is 0.730. The van der Waals surface area contributed by atoms with Crippen molar-refractivity contribution < 1.29 is 29.4 Å². The van der Waals surface area contributed by atoms with Crippen molar-refractivity contribution in [3.63, 3.8) is 0 Å². The Hall–Kier alpha value is -2.54. The van der Waals surface area contributed by atoms with Gasteiger partial charge in [-0.3, -0.25) is 19.2 Å². The molecule has 0 spiro atoms. The van der Waals surface area contributed by atoms with Gasteiger partial charge < -0.3 is 15.1 Å². The molecule has 3 aliphatic carbocycles. The topological polar surface area (TPSA) is 112 Å². The van der Waals surface area contributed by atoms with Gasteiger partial charge in [0.25, 0.3) is 0 Å². The van der Waals surface area contributed by atoms with Gasteiger partial charge in [0, 0.05) is 37.5 Å². The Morgan fingerprint density at radius 3 is 2.18 bits per heavy atom. The number of carbonyl (C=O) groups is 4. The normalized spacial score (nSPS) is 33.4. The Labute approximate surface area is 264 Å². The van der Waals surface area contributed by atoms with Gasteiger partial charge >= 0.3 is 0 Å². The molecule has 0 saturated heterocycles. The molecule has 0 heterocycles. The molecule has 44 heavy (non-hydrogen) atoms. The molecular formula is C37H55NO6. The second kappa shape index (κ2) is 11.1. The van der Waals surface area contributed by atoms with Crippen molar-refractivity contribution in [2.75, 3.05) is 19.0 Å². The molecule has 3 aliphatic rings. The van der Waals surface area contributed by atoms with Gasteiger partial charge in [-0.25, -0.2) is 0 Å². The second-order valence-electron chi connectivity index (χ2n) is 17.0. The van der Waals surface area contributed by atoms with Gasteiger partial charge in [0.15, 0.2) is 17.3 Å². The molecule has 8 atom stereocenters. The summed E-state index contributed by atoms with van der Waals surface area (Å²) in [5, 5.41) is 23.2. The zero-order chi connectivity index (χ0) is 33.5. The number of Topliss-reactive ketones (excluding diaryl/α,β-unsaturated/α-hetero) is 4. The zero-order valence-electron chi connectivity index (χ0n) is 29.1. The molecule has 1 aromatic rings. The van der Waals surface area contributed by atoms with Crippen LogP contribution in [-0.4, -0.2) is 53.5 Å². The zero-order valence-corrected chi connectivity index (χ0v) is 29.1. The Kier molecular flexibility index (Phi) is 8.63. The molecule has 0 aliphatic heterocycles. The summed E-state index contributed by atoms with van der Waals surface area (Å²) in [5.41, 5.74) is 0.260. The van der Waals surface area contributed by atoms with E-state index in [0.29, 0.717) is 36.8 Å². The number of carbonyl (C=O) groups excluding carboxylic acids is 4. The van der Waals surface area contributed by atoms with Crippen LogP contribution in [0.1, 0.15) is 110 Å². The number of ketones is 4. The smallest absolute Gasteiger partial charge is 0.170 e. The van der Waals surface area contributed by atoms with E-state index in [1.54, 1.807) is 0 Å². The first kappa shape index (κ1) is 34.3. The number of phenolic OH excluding ortho intramolecular Hbond substituents is 1. The van der Waals surface area contributed by atoms with Gasteiger partial charge in [0.1, 0.15) is 17.5 Å². The molecule has 5 unspecified atom stereocenters. The van der Waals surface area contributed by atoms with E-state index in [9.17, 15) is 29.4 Å². The van der Waals surface area contributed by atoms with Crippen LogP contribution in [0.3, 0.4) is 0 Å². The summed E-state index contributed by atoms with van der Waals surface area (Å²) in [4.78, 5) is 56.5. The van der Waals surface area contributed by atoms with Gasteiger partial charge in [-0.2, -0.15) is 0 Å². The maximum Gasteiger partial charge on any atom is 0.170 e. The Morgan fingerprint density at radius 1 is 1.09 bits per heavy atom. The summed E-state index contributed by atoms with van der Waals surface area (Å²) in [6, 6.07) is 1.98. The molecule has 0 amide bonds. The molecule has 0 radical (unpaired) electrons. The van der Waals surface area contributed by atoms with E-state index in [0.717, 1.165) is 11.3 Å². The number of phenols is 1. The van der Waals surface area contributed by atoms with Crippen LogP contribution in [0.25, 0.3) is 0 Å². The van der Waals surface area contributed by atoms with Crippen molar-refractivity contribution >= 4 is 28.8 Å². The average molecular weight is 610 g/mol. The van der Waals surface area contributed by atoms with Crippen molar-refractivity contribution in [2.45, 2.75) is 107 Å². The SMILES string of the molecule is CC(=O)C1C(=O)C[C@]2(C)C[C@]3(C)Cc4c(N(C)C)cc(CC(C(C)C)C(O)CC(C)(C)C)c(O)c4C(=O)C3C(C)[C@]2(C)C1=O. The first-order valence-electron chi connectivity index (χ1n) is 16.4. The minimum atomic E-state index is -1.28. The number of aliphatic hydroxyl groups is 1. The van der Waals surface area contributed by atoms with Crippen LogP contribution in [-0.2, 0) is 27.2 Å². The van der Waals surface area contributed by atoms with Gasteiger partial charge in [-0.15, -0.1) is 0 Å². The second-order valence-corrected chi connectivity index (χ2v) is 17.0. The fourth-order valence-electron chi connectivity index (χ4n) is 9.66. The van der Waals surface area contributed by atoms with Crippen LogP contribution in [0.4, 0.5) is 5.69 Å². The highest BCUT2D eigenvalue weighted by molar-refractivity contribution is 6.22. The molecule has 7 heteroatoms. The third kappa shape index (κ3) is 5.25. The lowest BCUT2D eigenvalue weighted by Gasteiger charge is -2.64. The minimum Gasteiger partial charge on any atom is -0.507 e. The van der Waals surface area contributed by atoms with E-state index in [1.165, 1.54) is 6.92 Å². The summed E-state index contributed by atoms with van der Waals surface area (Å²) >= 11 is 0. The number of anilines is 1. The van der Waals surface area contributed by atoms with E-state index in [4.69, 9.17) is 0 Å². The number of benzene rings is 1. The summed E-state index contributed by atoms with van der Waals surface area (Å²) in [6.07, 6.45) is 1.62. The Balaban J connectivity index is 1.87. The largest absolute Gasteiger partial charge is 0.507 e. The molecule has 2 N–H and O–H groups in total. The van der Waals surface area contributed by atoms with Gasteiger partial charge in [0.2, 0.25) is 0 Å². The summed E-state index contributed by atoms with van der Waals surface area (Å²) in [7, 11) is 3.87. The molecule has 4 rings (SSSR count). The number of fused-ring (bicyclic) bond motifs is 3. The minimum absolute atomic E-state index is 0.0243. The predicted octanol–water partition coefficient (Wildman–Crippen LogP) is 6.23. The van der Waals surface area contributed by atoms with E-state index >= 15 is 0 Å². The standard InChI is InChI=1S/C37H55NO6/c1-19(2)23(26(40)16-34(5,6)7)13-22-14-25(38(11)12)24-15-35(8)18-36(9)17-27(41)28(21(4)39)33(44)37(36,10)20(3)30(35)32(43)29(24)31(22)42/h14,19-20,23,26,28,30,40,42H,13,15-18H2,1-12H3/t20?,23?,26?,28?,30?,35-,36+,37+/m0/s1. The Bertz CT molecular complexity index is 1390. The van der Waals surface area contributed by atoms with Crippen LogP contribution in [0.5, 0.6) is 5.75 Å². The monoisotopic (exact) mass is 609 g/mol. The van der Waals surface area contributed by atoms with Gasteiger partial charge in [0.05, 0.1) is 11.7 Å². The third-order valence-electron chi connectivity index (χ3n) is 12.0. The number of hydrogen-bond donors (Lipinski definition) is 2. The molecule has 244 valence electrons. The number of rotatable bonds is 7. The van der Waals surface area contributed by atoms with E-state index < -0.39 is 45.9 Å². The van der Waals surface area contributed by atoms with E-state index in [-0.39, 0.29) is 46.8 Å². The molecule has 0 bridgehead atoms. The highest BCUT2D eigenvalue weighted by atomic mass is 16.3. The van der Waals surface area contributed by atoms with Crippen LogP contribution in [0.15, 0.2) is 6.07 Å². The van der Waals surface area contributed by atoms with Crippen molar-refractivity contribution in [2.24, 2.45) is 51.2 Å². The predicted molar refractivity (Wildman–Crippen MR) is 173 cm³/mol. The van der Waals surface area contributed by atoms with Gasteiger partial charge in [-0.05, 0) is 83.8 Å². The maximum absolute atomic E-state index is 14.8. The molecule has 2 fully saturated rings. The van der Waals surface area contributed by atoms with Crippen molar-refractivity contribution in [3.8, 4) is 5.75 Å². The molecule has 2 saturated carbocycles. The first-order valence-corrected chi connectivity index (χ1v) is 16.4. The number of hydrogen-bond acceptors (Lipinski definition) is 7. The van der Waals surface area contributed by atoms with Crippen molar-refractivity contribution in [3.05, 3.63) is 22.8 Å². The van der Waals surface area contributed by atoms with E-state index in [1.807, 2.05) is 45.8 Å². The van der Waals surface area contributed by atoms with Crippen LogP contribution in [0, 0.1) is 51.2 Å². The third-order valence-corrected chi connectivity index (χ3v) is 12.0. The lowest BCUT2D eigenvalue weighted by molar-refractivity contribution is -0.178. The van der Waals surface area contributed by atoms with Crippen molar-refractivity contribution in [1.82, 2.24) is 0 Å². The highest BCUT2D eigenvalue weighted by Gasteiger charge is 2.70. The Morgan fingerprint density at radius 2 is 1.68 bits per heavy atom. The number of aliphatic hydroxyl groups excluding tert-OH is 1. The van der Waals surface area contributed by atoms with Crippen LogP contribution in [0.2, 0.25) is 0 Å². The number of nitrogens with zero attached hydrogens (tertiary/aromatic N) is 1. The van der Waals surface area contributed by atoms with Crippen LogP contribution < -0.4 is 4.90 Å². The summed E-state index contributed by atoms with van der Waals surface area (Å²) in [6.45, 7) is 19.6. The summed E-state index contributed by atoms with van der Waals surface area (Å²) in [5.74, 6) is -3.58. The summed E-state index contributed by atoms with van der Waals surface area (Å²) < 4.78 is 0. The van der Waals surface area contributed by atoms with Gasteiger partial charge in [-0.1, -0.05) is 62.3 Å². The maximum atomic E-state index is 14.8. The molecular weight excluding hydrogens is 554 g/mol. The quantitative estimate of drug-likeness (QED) is 0.353. The highest BCUT2D eigenvalue weighted by Crippen LogP contribution is 2.68. The average Bonchev–Trinajstić information content (AvgIpc) is 2.83. The van der Waals surface area contributed by atoms with Crippen molar-refractivity contribution in [1.29, 1.82) is 0 Å². The molecule has 7 nitrogen and oxygen atoms in total. The number of aromatic hydroxyl groups is 1. The molecule has 0 aromatic heterocycles. The first-order chi connectivity index (χ1) is 20.0.